The third kappa shape index (κ3) is 3.89. The molecule has 4 N–H and O–H groups in total. The van der Waals surface area contributed by atoms with Crippen molar-refractivity contribution in [3.05, 3.63) is 64.0 Å². The first-order valence-electron chi connectivity index (χ1n) is 7.49. The van der Waals surface area contributed by atoms with Gasteiger partial charge in [-0.3, -0.25) is 14.7 Å². The molecule has 3 aromatic rings. The first-order chi connectivity index (χ1) is 12.4. The molecule has 132 valence electrons. The Morgan fingerprint density at radius 3 is 2.73 bits per heavy atom. The molecule has 0 aliphatic heterocycles. The maximum absolute atomic E-state index is 12.4. The standard InChI is InChI=1S/C17H14BrN5O3/c1-9-14(15(16(19)24)23-22-9)21-17(25)10-5-6-13(20-8-10)26-12-4-2-3-11(18)7-12/h2-8H,1H3,(H2,19,24)(H,21,25)(H,22,23). The van der Waals surface area contributed by atoms with Crippen molar-refractivity contribution in [2.75, 3.05) is 5.32 Å². The number of hydrogen-bond donors (Lipinski definition) is 3. The van der Waals surface area contributed by atoms with E-state index in [0.717, 1.165) is 4.47 Å². The third-order valence-corrected chi connectivity index (χ3v) is 3.93. The molecule has 0 fully saturated rings. The number of halogens is 1. The molecule has 2 aromatic heterocycles. The van der Waals surface area contributed by atoms with E-state index in [4.69, 9.17) is 10.5 Å². The lowest BCUT2D eigenvalue weighted by Crippen LogP contribution is -2.18. The van der Waals surface area contributed by atoms with Gasteiger partial charge in [0.25, 0.3) is 11.8 Å². The van der Waals surface area contributed by atoms with Crippen molar-refractivity contribution in [1.82, 2.24) is 15.2 Å². The number of aromatic nitrogens is 3. The smallest absolute Gasteiger partial charge is 0.271 e. The van der Waals surface area contributed by atoms with Crippen molar-refractivity contribution in [3.63, 3.8) is 0 Å². The normalized spacial score (nSPS) is 10.4. The highest BCUT2D eigenvalue weighted by atomic mass is 79.9. The Labute approximate surface area is 156 Å². The van der Waals surface area contributed by atoms with E-state index >= 15 is 0 Å². The summed E-state index contributed by atoms with van der Waals surface area (Å²) in [5.41, 5.74) is 6.28. The summed E-state index contributed by atoms with van der Waals surface area (Å²) in [5.74, 6) is -0.222. The van der Waals surface area contributed by atoms with Crippen LogP contribution in [0.2, 0.25) is 0 Å². The van der Waals surface area contributed by atoms with Gasteiger partial charge >= 0.3 is 0 Å². The highest BCUT2D eigenvalue weighted by Crippen LogP contribution is 2.23. The summed E-state index contributed by atoms with van der Waals surface area (Å²) in [6.45, 7) is 1.67. The molecule has 0 spiro atoms. The second-order valence-corrected chi connectivity index (χ2v) is 6.25. The zero-order valence-electron chi connectivity index (χ0n) is 13.6. The Morgan fingerprint density at radius 2 is 2.08 bits per heavy atom. The molecule has 26 heavy (non-hydrogen) atoms. The summed E-state index contributed by atoms with van der Waals surface area (Å²) in [6.07, 6.45) is 1.38. The molecule has 0 aliphatic carbocycles. The van der Waals surface area contributed by atoms with Crippen LogP contribution in [0.1, 0.15) is 26.5 Å². The minimum Gasteiger partial charge on any atom is -0.439 e. The lowest BCUT2D eigenvalue weighted by atomic mass is 10.2. The van der Waals surface area contributed by atoms with Crippen LogP contribution in [0.5, 0.6) is 11.6 Å². The number of hydrogen-bond acceptors (Lipinski definition) is 5. The van der Waals surface area contributed by atoms with Crippen LogP contribution in [0.25, 0.3) is 0 Å². The number of nitrogens with one attached hydrogen (secondary N) is 2. The van der Waals surface area contributed by atoms with Crippen molar-refractivity contribution in [2.24, 2.45) is 5.73 Å². The number of anilines is 1. The Bertz CT molecular complexity index is 969. The van der Waals surface area contributed by atoms with Crippen LogP contribution in [-0.4, -0.2) is 27.0 Å². The number of carbonyl (C=O) groups excluding carboxylic acids is 2. The first-order valence-corrected chi connectivity index (χ1v) is 8.29. The van der Waals surface area contributed by atoms with Crippen molar-refractivity contribution in [1.29, 1.82) is 0 Å². The average Bonchev–Trinajstić information content (AvgIpc) is 2.96. The SMILES string of the molecule is Cc1[nH]nc(C(N)=O)c1NC(=O)c1ccc(Oc2cccc(Br)c2)nc1. The number of aromatic amines is 1. The molecule has 0 radical (unpaired) electrons. The molecule has 3 rings (SSSR count). The molecule has 8 nitrogen and oxygen atoms in total. The number of aryl methyl sites for hydroxylation is 1. The second-order valence-electron chi connectivity index (χ2n) is 5.34. The van der Waals surface area contributed by atoms with Gasteiger partial charge in [0.2, 0.25) is 5.88 Å². The number of ether oxygens (including phenoxy) is 1. The number of carbonyl (C=O) groups is 2. The minimum atomic E-state index is -0.736. The van der Waals surface area contributed by atoms with Crippen LogP contribution in [0.4, 0.5) is 5.69 Å². The van der Waals surface area contributed by atoms with Gasteiger partial charge in [0.15, 0.2) is 5.69 Å². The molecule has 1 aromatic carbocycles. The number of pyridine rings is 1. The molecular formula is C17H14BrN5O3. The van der Waals surface area contributed by atoms with Gasteiger partial charge in [-0.05, 0) is 31.2 Å². The Hall–Kier alpha value is -3.20. The van der Waals surface area contributed by atoms with E-state index in [1.807, 2.05) is 12.1 Å². The third-order valence-electron chi connectivity index (χ3n) is 3.44. The van der Waals surface area contributed by atoms with Crippen LogP contribution >= 0.6 is 15.9 Å². The van der Waals surface area contributed by atoms with Crippen LogP contribution in [-0.2, 0) is 0 Å². The van der Waals surface area contributed by atoms with Gasteiger partial charge in [0.05, 0.1) is 16.9 Å². The number of nitrogens with zero attached hydrogens (tertiary/aromatic N) is 2. The van der Waals surface area contributed by atoms with Crippen molar-refractivity contribution in [2.45, 2.75) is 6.92 Å². The van der Waals surface area contributed by atoms with Crippen LogP contribution in [0, 0.1) is 6.92 Å². The van der Waals surface area contributed by atoms with Crippen molar-refractivity contribution >= 4 is 33.4 Å². The molecule has 0 atom stereocenters. The molecule has 0 bridgehead atoms. The number of amides is 2. The number of benzene rings is 1. The van der Waals surface area contributed by atoms with E-state index in [1.165, 1.54) is 6.20 Å². The number of primary amides is 1. The Morgan fingerprint density at radius 1 is 1.27 bits per heavy atom. The molecule has 0 aliphatic rings. The van der Waals surface area contributed by atoms with E-state index in [2.05, 4.69) is 36.4 Å². The zero-order chi connectivity index (χ0) is 18.7. The first kappa shape index (κ1) is 17.6. The summed E-state index contributed by atoms with van der Waals surface area (Å²) in [7, 11) is 0. The van der Waals surface area contributed by atoms with Gasteiger partial charge in [0, 0.05) is 16.7 Å². The van der Waals surface area contributed by atoms with Gasteiger partial charge in [0.1, 0.15) is 5.75 Å². The van der Waals surface area contributed by atoms with Gasteiger partial charge in [-0.25, -0.2) is 4.98 Å². The zero-order valence-corrected chi connectivity index (χ0v) is 15.2. The summed E-state index contributed by atoms with van der Waals surface area (Å²) in [4.78, 5) is 27.8. The highest BCUT2D eigenvalue weighted by Gasteiger charge is 2.18. The summed E-state index contributed by atoms with van der Waals surface area (Å²) < 4.78 is 6.50. The largest absolute Gasteiger partial charge is 0.439 e. The predicted octanol–water partition coefficient (Wildman–Crippen LogP) is 3.02. The molecule has 0 saturated carbocycles. The average molecular weight is 416 g/mol. The van der Waals surface area contributed by atoms with E-state index in [-0.39, 0.29) is 11.4 Å². The van der Waals surface area contributed by atoms with Gasteiger partial charge in [-0.1, -0.05) is 22.0 Å². The fourth-order valence-electron chi connectivity index (χ4n) is 2.17. The Balaban J connectivity index is 1.73. The lowest BCUT2D eigenvalue weighted by Gasteiger charge is -2.07. The van der Waals surface area contributed by atoms with Gasteiger partial charge < -0.3 is 15.8 Å². The second kappa shape index (κ2) is 7.36. The maximum atomic E-state index is 12.4. The van der Waals surface area contributed by atoms with E-state index in [1.54, 1.807) is 31.2 Å². The van der Waals surface area contributed by atoms with Gasteiger partial charge in [-0.2, -0.15) is 5.10 Å². The summed E-state index contributed by atoms with van der Waals surface area (Å²) in [6, 6.07) is 10.5. The number of rotatable bonds is 5. The van der Waals surface area contributed by atoms with Crippen molar-refractivity contribution < 1.29 is 14.3 Å². The maximum Gasteiger partial charge on any atom is 0.271 e. The molecule has 0 saturated heterocycles. The number of nitrogens with two attached hydrogens (primary N) is 1. The Kier molecular flexibility index (Phi) is 4.99. The van der Waals surface area contributed by atoms with Crippen LogP contribution in [0.3, 0.4) is 0 Å². The number of H-pyrrole nitrogens is 1. The molecule has 0 unspecified atom stereocenters. The molecular weight excluding hydrogens is 402 g/mol. The molecule has 2 amide bonds. The topological polar surface area (TPSA) is 123 Å². The lowest BCUT2D eigenvalue weighted by molar-refractivity contribution is 0.0996. The fraction of sp³-hybridized carbons (Fsp3) is 0.0588. The van der Waals surface area contributed by atoms with Crippen molar-refractivity contribution in [3.8, 4) is 11.6 Å². The van der Waals surface area contributed by atoms with Crippen LogP contribution in [0.15, 0.2) is 47.1 Å². The predicted molar refractivity (Wildman–Crippen MR) is 98.2 cm³/mol. The minimum absolute atomic E-state index is 0.0292. The van der Waals surface area contributed by atoms with E-state index < -0.39 is 11.8 Å². The van der Waals surface area contributed by atoms with E-state index in [9.17, 15) is 9.59 Å². The fourth-order valence-corrected chi connectivity index (χ4v) is 2.55. The highest BCUT2D eigenvalue weighted by molar-refractivity contribution is 9.10. The summed E-state index contributed by atoms with van der Waals surface area (Å²) in [5, 5.41) is 9.00. The molecule has 2 heterocycles. The van der Waals surface area contributed by atoms with Gasteiger partial charge in [-0.15, -0.1) is 0 Å². The van der Waals surface area contributed by atoms with E-state index in [0.29, 0.717) is 22.9 Å². The summed E-state index contributed by atoms with van der Waals surface area (Å²) >= 11 is 3.36. The van der Waals surface area contributed by atoms with Crippen LogP contribution < -0.4 is 15.8 Å². The molecule has 9 heteroatoms. The quantitative estimate of drug-likeness (QED) is 0.590. The monoisotopic (exact) mass is 415 g/mol.